The number of benzene rings is 2. The van der Waals surface area contributed by atoms with Gasteiger partial charge in [0.1, 0.15) is 0 Å². The third kappa shape index (κ3) is 3.81. The highest BCUT2D eigenvalue weighted by molar-refractivity contribution is 6.07. The highest BCUT2D eigenvalue weighted by Crippen LogP contribution is 2.28. The Labute approximate surface area is 171 Å². The van der Waals surface area contributed by atoms with Crippen LogP contribution in [-0.4, -0.2) is 15.8 Å². The molecule has 3 heteroatoms. The predicted octanol–water partition coefficient (Wildman–Crippen LogP) is 6.43. The summed E-state index contributed by atoms with van der Waals surface area (Å²) in [5.74, 6) is 0.0264. The first-order valence-corrected chi connectivity index (χ1v) is 10.0. The number of carbonyl (C=O) groups excluding carboxylic acids is 1. The van der Waals surface area contributed by atoms with E-state index in [2.05, 4.69) is 60.4 Å². The zero-order valence-corrected chi connectivity index (χ0v) is 17.1. The molecular formula is C26H24N2O. The van der Waals surface area contributed by atoms with E-state index in [1.54, 1.807) is 13.1 Å². The summed E-state index contributed by atoms with van der Waals surface area (Å²) in [5.41, 5.74) is 7.84. The molecule has 4 rings (SSSR count). The number of fused-ring (bicyclic) bond motifs is 1. The fourth-order valence-corrected chi connectivity index (χ4v) is 3.76. The minimum Gasteiger partial charge on any atom is -0.294 e. The van der Waals surface area contributed by atoms with Crippen LogP contribution < -0.4 is 0 Å². The molecule has 0 atom stereocenters. The Hall–Kier alpha value is -3.33. The Morgan fingerprint density at radius 1 is 0.897 bits per heavy atom. The standard InChI is InChI=1S/C26H24N2O/c1-4-5-19-6-8-20(9-7-19)21-10-12-22(13-11-21)25-16-23(18(3)29)26-17(2)27-15-14-24(26)28-25/h6-16H,4-5H2,1-3H3. The van der Waals surface area contributed by atoms with E-state index in [4.69, 9.17) is 4.98 Å². The minimum absolute atomic E-state index is 0.0264. The molecular weight excluding hydrogens is 356 g/mol. The van der Waals surface area contributed by atoms with Gasteiger partial charge in [0, 0.05) is 28.4 Å². The van der Waals surface area contributed by atoms with Crippen LogP contribution in [-0.2, 0) is 6.42 Å². The van der Waals surface area contributed by atoms with Crippen molar-refractivity contribution in [3.63, 3.8) is 0 Å². The van der Waals surface area contributed by atoms with Crippen molar-refractivity contribution in [3.05, 3.63) is 83.7 Å². The van der Waals surface area contributed by atoms with Gasteiger partial charge < -0.3 is 0 Å². The molecule has 0 bridgehead atoms. The van der Waals surface area contributed by atoms with Crippen LogP contribution in [0.2, 0.25) is 0 Å². The van der Waals surface area contributed by atoms with E-state index in [0.29, 0.717) is 5.56 Å². The number of hydrogen-bond acceptors (Lipinski definition) is 3. The number of hydrogen-bond donors (Lipinski definition) is 0. The van der Waals surface area contributed by atoms with Gasteiger partial charge >= 0.3 is 0 Å². The minimum atomic E-state index is 0.0264. The van der Waals surface area contributed by atoms with Crippen molar-refractivity contribution < 1.29 is 4.79 Å². The fourth-order valence-electron chi connectivity index (χ4n) is 3.76. The Balaban J connectivity index is 1.72. The molecule has 2 heterocycles. The topological polar surface area (TPSA) is 42.9 Å². The molecule has 0 aliphatic rings. The van der Waals surface area contributed by atoms with Crippen molar-refractivity contribution in [2.24, 2.45) is 0 Å². The molecule has 0 fully saturated rings. The molecule has 2 aromatic carbocycles. The highest BCUT2D eigenvalue weighted by atomic mass is 16.1. The second kappa shape index (κ2) is 7.96. The molecule has 2 aromatic heterocycles. The van der Waals surface area contributed by atoms with Crippen LogP contribution in [0.4, 0.5) is 0 Å². The quantitative estimate of drug-likeness (QED) is 0.375. The maximum atomic E-state index is 12.3. The first-order chi connectivity index (χ1) is 14.1. The molecule has 0 spiro atoms. The van der Waals surface area contributed by atoms with E-state index in [0.717, 1.165) is 40.7 Å². The maximum Gasteiger partial charge on any atom is 0.160 e. The van der Waals surface area contributed by atoms with Gasteiger partial charge in [-0.1, -0.05) is 61.9 Å². The lowest BCUT2D eigenvalue weighted by molar-refractivity contribution is 0.101. The van der Waals surface area contributed by atoms with Crippen LogP contribution in [0.5, 0.6) is 0 Å². The summed E-state index contributed by atoms with van der Waals surface area (Å²) in [4.78, 5) is 21.4. The third-order valence-corrected chi connectivity index (χ3v) is 5.30. The second-order valence-electron chi connectivity index (χ2n) is 7.43. The normalized spacial score (nSPS) is 11.0. The van der Waals surface area contributed by atoms with Gasteiger partial charge in [0.25, 0.3) is 0 Å². The van der Waals surface area contributed by atoms with Gasteiger partial charge in [0.15, 0.2) is 5.78 Å². The summed E-state index contributed by atoms with van der Waals surface area (Å²) in [6.45, 7) is 5.70. The van der Waals surface area contributed by atoms with Gasteiger partial charge in [-0.15, -0.1) is 0 Å². The zero-order chi connectivity index (χ0) is 20.4. The number of carbonyl (C=O) groups is 1. The van der Waals surface area contributed by atoms with Crippen molar-refractivity contribution in [3.8, 4) is 22.4 Å². The SMILES string of the molecule is CCCc1ccc(-c2ccc(-c3cc(C(C)=O)c4c(C)nccc4n3)cc2)cc1. The lowest BCUT2D eigenvalue weighted by Crippen LogP contribution is -2.00. The van der Waals surface area contributed by atoms with E-state index < -0.39 is 0 Å². The van der Waals surface area contributed by atoms with Crippen LogP contribution >= 0.6 is 0 Å². The second-order valence-corrected chi connectivity index (χ2v) is 7.43. The van der Waals surface area contributed by atoms with Crippen LogP contribution in [0.25, 0.3) is 33.3 Å². The van der Waals surface area contributed by atoms with Gasteiger partial charge in [-0.05, 0) is 49.1 Å². The van der Waals surface area contributed by atoms with Gasteiger partial charge in [-0.25, -0.2) is 4.98 Å². The number of aryl methyl sites for hydroxylation is 2. The largest absolute Gasteiger partial charge is 0.294 e. The first-order valence-electron chi connectivity index (χ1n) is 10.0. The molecule has 144 valence electrons. The Morgan fingerprint density at radius 3 is 2.14 bits per heavy atom. The van der Waals surface area contributed by atoms with E-state index in [1.807, 2.05) is 19.1 Å². The number of pyridine rings is 2. The third-order valence-electron chi connectivity index (χ3n) is 5.30. The van der Waals surface area contributed by atoms with Gasteiger partial charge in [-0.3, -0.25) is 9.78 Å². The lowest BCUT2D eigenvalue weighted by atomic mass is 9.98. The van der Waals surface area contributed by atoms with Crippen LogP contribution in [0.1, 0.15) is 41.9 Å². The number of aromatic nitrogens is 2. The van der Waals surface area contributed by atoms with E-state index in [1.165, 1.54) is 16.7 Å². The van der Waals surface area contributed by atoms with Gasteiger partial charge in [0.2, 0.25) is 0 Å². The summed E-state index contributed by atoms with van der Waals surface area (Å²) >= 11 is 0. The number of rotatable bonds is 5. The number of ketones is 1. The summed E-state index contributed by atoms with van der Waals surface area (Å²) in [6.07, 6.45) is 4.01. The Kier molecular flexibility index (Phi) is 5.22. The molecule has 0 amide bonds. The molecule has 0 N–H and O–H groups in total. The molecule has 0 aliphatic carbocycles. The van der Waals surface area contributed by atoms with Crippen molar-refractivity contribution in [2.45, 2.75) is 33.6 Å². The molecule has 3 nitrogen and oxygen atoms in total. The maximum absolute atomic E-state index is 12.3. The molecule has 0 saturated heterocycles. The Morgan fingerprint density at radius 2 is 1.52 bits per heavy atom. The average molecular weight is 380 g/mol. The monoisotopic (exact) mass is 380 g/mol. The van der Waals surface area contributed by atoms with Gasteiger partial charge in [0.05, 0.1) is 11.2 Å². The fraction of sp³-hybridized carbons (Fsp3) is 0.192. The van der Waals surface area contributed by atoms with E-state index in [9.17, 15) is 4.79 Å². The molecule has 29 heavy (non-hydrogen) atoms. The summed E-state index contributed by atoms with van der Waals surface area (Å²) < 4.78 is 0. The highest BCUT2D eigenvalue weighted by Gasteiger charge is 2.13. The number of nitrogens with zero attached hydrogens (tertiary/aromatic N) is 2. The van der Waals surface area contributed by atoms with Crippen LogP contribution in [0.3, 0.4) is 0 Å². The molecule has 0 radical (unpaired) electrons. The summed E-state index contributed by atoms with van der Waals surface area (Å²) in [7, 11) is 0. The van der Waals surface area contributed by atoms with E-state index in [-0.39, 0.29) is 5.78 Å². The lowest BCUT2D eigenvalue weighted by Gasteiger charge is -2.10. The van der Waals surface area contributed by atoms with Crippen molar-refractivity contribution in [1.29, 1.82) is 0 Å². The van der Waals surface area contributed by atoms with Crippen LogP contribution in [0, 0.1) is 6.92 Å². The number of Topliss-reactive ketones (excluding diaryl/α,β-unsaturated/α-hetero) is 1. The molecule has 0 unspecified atom stereocenters. The smallest absolute Gasteiger partial charge is 0.160 e. The average Bonchev–Trinajstić information content (AvgIpc) is 2.74. The van der Waals surface area contributed by atoms with E-state index >= 15 is 0 Å². The molecule has 4 aromatic rings. The van der Waals surface area contributed by atoms with Crippen molar-refractivity contribution in [1.82, 2.24) is 9.97 Å². The van der Waals surface area contributed by atoms with Crippen molar-refractivity contribution in [2.75, 3.05) is 0 Å². The Bertz CT molecular complexity index is 1180. The van der Waals surface area contributed by atoms with Crippen LogP contribution in [0.15, 0.2) is 66.9 Å². The zero-order valence-electron chi connectivity index (χ0n) is 17.1. The van der Waals surface area contributed by atoms with Crippen molar-refractivity contribution >= 4 is 16.7 Å². The molecule has 0 aliphatic heterocycles. The predicted molar refractivity (Wildman–Crippen MR) is 119 cm³/mol. The summed E-state index contributed by atoms with van der Waals surface area (Å²) in [5, 5.41) is 0.840. The van der Waals surface area contributed by atoms with Gasteiger partial charge in [-0.2, -0.15) is 0 Å². The molecule has 0 saturated carbocycles. The summed E-state index contributed by atoms with van der Waals surface area (Å²) in [6, 6.07) is 20.9. The first kappa shape index (κ1) is 19.0.